The third kappa shape index (κ3) is 3.76. The summed E-state index contributed by atoms with van der Waals surface area (Å²) in [6.45, 7) is 4.75. The highest BCUT2D eigenvalue weighted by Gasteiger charge is 2.38. The Morgan fingerprint density at radius 2 is 1.11 bits per heavy atom. The summed E-state index contributed by atoms with van der Waals surface area (Å²) in [5.41, 5.74) is 12.4. The molecule has 0 spiro atoms. The van der Waals surface area contributed by atoms with Crippen LogP contribution in [0.4, 0.5) is 17.1 Å². The van der Waals surface area contributed by atoms with E-state index >= 15 is 0 Å². The highest BCUT2D eigenvalue weighted by Crippen LogP contribution is 2.53. The lowest BCUT2D eigenvalue weighted by Crippen LogP contribution is -2.16. The molecule has 9 rings (SSSR count). The number of aromatic nitrogens is 1. The van der Waals surface area contributed by atoms with Gasteiger partial charge in [0.2, 0.25) is 0 Å². The molecule has 45 heavy (non-hydrogen) atoms. The Hall–Kier alpha value is -5.60. The van der Waals surface area contributed by atoms with E-state index in [4.69, 9.17) is 0 Å². The Bertz CT molecular complexity index is 2350. The van der Waals surface area contributed by atoms with Crippen molar-refractivity contribution in [3.8, 4) is 16.8 Å². The zero-order valence-electron chi connectivity index (χ0n) is 25.4. The van der Waals surface area contributed by atoms with Crippen molar-refractivity contribution in [3.63, 3.8) is 0 Å². The minimum atomic E-state index is -0.170. The second-order valence-corrected chi connectivity index (χ2v) is 12.6. The molecule has 2 nitrogen and oxygen atoms in total. The molecule has 0 radical (unpaired) electrons. The van der Waals surface area contributed by atoms with Crippen LogP contribution in [0, 0.1) is 0 Å². The fourth-order valence-corrected chi connectivity index (χ4v) is 7.67. The van der Waals surface area contributed by atoms with Crippen LogP contribution in [0.25, 0.3) is 49.4 Å². The minimum Gasteiger partial charge on any atom is -0.310 e. The smallest absolute Gasteiger partial charge is 0.0543 e. The van der Waals surface area contributed by atoms with Crippen LogP contribution in [0.5, 0.6) is 0 Å². The number of hydrogen-bond acceptors (Lipinski definition) is 1. The van der Waals surface area contributed by atoms with Crippen LogP contribution in [0.15, 0.2) is 158 Å². The van der Waals surface area contributed by atoms with Crippen LogP contribution in [0.2, 0.25) is 0 Å². The van der Waals surface area contributed by atoms with Crippen molar-refractivity contribution in [1.82, 2.24) is 4.57 Å². The molecule has 0 amide bonds. The number of anilines is 3. The summed E-state index contributed by atoms with van der Waals surface area (Å²) in [5, 5.41) is 5.04. The van der Waals surface area contributed by atoms with Gasteiger partial charge < -0.3 is 9.47 Å². The maximum absolute atomic E-state index is 2.47. The molecule has 0 saturated heterocycles. The van der Waals surface area contributed by atoms with E-state index in [2.05, 4.69) is 181 Å². The Labute approximate surface area is 263 Å². The van der Waals surface area contributed by atoms with Crippen molar-refractivity contribution < 1.29 is 0 Å². The van der Waals surface area contributed by atoms with E-state index in [9.17, 15) is 0 Å². The second kappa shape index (κ2) is 9.70. The van der Waals surface area contributed by atoms with Crippen LogP contribution in [0.3, 0.4) is 0 Å². The van der Waals surface area contributed by atoms with Gasteiger partial charge in [-0.05, 0) is 70.6 Å². The van der Waals surface area contributed by atoms with E-state index in [1.54, 1.807) is 0 Å². The predicted molar refractivity (Wildman–Crippen MR) is 191 cm³/mol. The Balaban J connectivity index is 1.29. The van der Waals surface area contributed by atoms with E-state index in [0.29, 0.717) is 0 Å². The van der Waals surface area contributed by atoms with Crippen LogP contribution in [-0.4, -0.2) is 4.57 Å². The topological polar surface area (TPSA) is 8.17 Å². The first-order valence-corrected chi connectivity index (χ1v) is 15.7. The summed E-state index contributed by atoms with van der Waals surface area (Å²) in [5.74, 6) is 0. The highest BCUT2D eigenvalue weighted by atomic mass is 15.1. The van der Waals surface area contributed by atoms with Crippen LogP contribution >= 0.6 is 0 Å². The largest absolute Gasteiger partial charge is 0.310 e. The molecule has 1 aliphatic rings. The van der Waals surface area contributed by atoms with Gasteiger partial charge in [-0.1, -0.05) is 123 Å². The van der Waals surface area contributed by atoms with Crippen molar-refractivity contribution in [2.24, 2.45) is 0 Å². The molecule has 7 aromatic carbocycles. The standard InChI is InChI=1S/C43H32N2/c1-43(2)36-21-13-25-41(45-39-22-10-8-19-33(39)34-20-9-11-23-40(34)45)42(36)35-27-26-31(28-37(35)43)44(30-16-4-3-5-17-30)38-24-12-15-29-14-6-7-18-32(29)38/h3-28H,1-2H3. The van der Waals surface area contributed by atoms with Crippen molar-refractivity contribution in [2.75, 3.05) is 4.90 Å². The summed E-state index contributed by atoms with van der Waals surface area (Å²) < 4.78 is 2.47. The lowest BCUT2D eigenvalue weighted by atomic mass is 9.82. The molecule has 1 aliphatic carbocycles. The first-order chi connectivity index (χ1) is 22.1. The Morgan fingerprint density at radius 3 is 1.87 bits per heavy atom. The zero-order valence-corrected chi connectivity index (χ0v) is 25.4. The van der Waals surface area contributed by atoms with Crippen molar-refractivity contribution in [2.45, 2.75) is 19.3 Å². The molecule has 0 saturated carbocycles. The van der Waals surface area contributed by atoms with Crippen molar-refractivity contribution >= 4 is 49.6 Å². The first kappa shape index (κ1) is 25.9. The molecule has 1 aromatic heterocycles. The molecule has 0 N–H and O–H groups in total. The summed E-state index contributed by atoms with van der Waals surface area (Å²) >= 11 is 0. The molecule has 0 fully saturated rings. The number of rotatable bonds is 4. The zero-order chi connectivity index (χ0) is 30.1. The highest BCUT2D eigenvalue weighted by molar-refractivity contribution is 6.10. The fraction of sp³-hybridized carbons (Fsp3) is 0.0698. The predicted octanol–water partition coefficient (Wildman–Crippen LogP) is 11.7. The van der Waals surface area contributed by atoms with E-state index < -0.39 is 0 Å². The van der Waals surface area contributed by atoms with Crippen LogP contribution in [0.1, 0.15) is 25.0 Å². The maximum Gasteiger partial charge on any atom is 0.0543 e. The van der Waals surface area contributed by atoms with Gasteiger partial charge in [0.1, 0.15) is 0 Å². The summed E-state index contributed by atoms with van der Waals surface area (Å²) in [4.78, 5) is 2.41. The molecular formula is C43H32N2. The van der Waals surface area contributed by atoms with Gasteiger partial charge in [-0.15, -0.1) is 0 Å². The van der Waals surface area contributed by atoms with E-state index in [1.807, 2.05) is 0 Å². The molecule has 1 heterocycles. The SMILES string of the molecule is CC1(C)c2cc(N(c3ccccc3)c3cccc4ccccc34)ccc2-c2c(-n3c4ccccc4c4ccccc43)cccc21. The van der Waals surface area contributed by atoms with Gasteiger partial charge in [0, 0.05) is 38.5 Å². The summed E-state index contributed by atoms with van der Waals surface area (Å²) in [6.07, 6.45) is 0. The molecule has 0 unspecified atom stereocenters. The minimum absolute atomic E-state index is 0.170. The van der Waals surface area contributed by atoms with Gasteiger partial charge in [0.05, 0.1) is 22.4 Å². The summed E-state index contributed by atoms with van der Waals surface area (Å²) in [6, 6.07) is 57.5. The Kier molecular flexibility index (Phi) is 5.58. The van der Waals surface area contributed by atoms with E-state index in [1.165, 1.54) is 66.2 Å². The lowest BCUT2D eigenvalue weighted by Gasteiger charge is -2.29. The van der Waals surface area contributed by atoms with Gasteiger partial charge >= 0.3 is 0 Å². The molecule has 8 aromatic rings. The quantitative estimate of drug-likeness (QED) is 0.202. The first-order valence-electron chi connectivity index (χ1n) is 15.7. The number of fused-ring (bicyclic) bond motifs is 7. The monoisotopic (exact) mass is 576 g/mol. The molecule has 2 heteroatoms. The lowest BCUT2D eigenvalue weighted by molar-refractivity contribution is 0.660. The molecule has 0 bridgehead atoms. The van der Waals surface area contributed by atoms with Gasteiger partial charge in [0.25, 0.3) is 0 Å². The normalized spacial score (nSPS) is 13.3. The fourth-order valence-electron chi connectivity index (χ4n) is 7.67. The van der Waals surface area contributed by atoms with Crippen LogP contribution < -0.4 is 4.90 Å². The van der Waals surface area contributed by atoms with Gasteiger partial charge in [-0.2, -0.15) is 0 Å². The van der Waals surface area contributed by atoms with E-state index in [0.717, 1.165) is 11.4 Å². The average molecular weight is 577 g/mol. The maximum atomic E-state index is 2.47. The van der Waals surface area contributed by atoms with Gasteiger partial charge in [-0.25, -0.2) is 0 Å². The van der Waals surface area contributed by atoms with Gasteiger partial charge in [-0.3, -0.25) is 0 Å². The van der Waals surface area contributed by atoms with Crippen molar-refractivity contribution in [3.05, 3.63) is 169 Å². The second-order valence-electron chi connectivity index (χ2n) is 12.6. The average Bonchev–Trinajstić information content (AvgIpc) is 3.54. The Morgan fingerprint density at radius 1 is 0.489 bits per heavy atom. The van der Waals surface area contributed by atoms with Crippen molar-refractivity contribution in [1.29, 1.82) is 0 Å². The third-order valence-electron chi connectivity index (χ3n) is 9.76. The van der Waals surface area contributed by atoms with Crippen LogP contribution in [-0.2, 0) is 5.41 Å². The number of para-hydroxylation sites is 3. The summed E-state index contributed by atoms with van der Waals surface area (Å²) in [7, 11) is 0. The molecule has 0 aliphatic heterocycles. The molecule has 214 valence electrons. The van der Waals surface area contributed by atoms with Gasteiger partial charge in [0.15, 0.2) is 0 Å². The number of benzene rings is 7. The molecular weight excluding hydrogens is 544 g/mol. The number of nitrogens with zero attached hydrogens (tertiary/aromatic N) is 2. The molecule has 0 atom stereocenters. The third-order valence-corrected chi connectivity index (χ3v) is 9.76. The number of hydrogen-bond donors (Lipinski definition) is 0. The van der Waals surface area contributed by atoms with E-state index in [-0.39, 0.29) is 5.41 Å².